The molecule has 0 saturated heterocycles. The molecule has 28 heavy (non-hydrogen) atoms. The van der Waals surface area contributed by atoms with Crippen LogP contribution in [0.3, 0.4) is 0 Å². The average molecular weight is 376 g/mol. The fraction of sp³-hybridized carbons (Fsp3) is 0.105. The van der Waals surface area contributed by atoms with Crippen LogP contribution in [0.1, 0.15) is 20.8 Å². The molecule has 4 rings (SSSR count). The first kappa shape index (κ1) is 17.4. The molecule has 4 aromatic rings. The van der Waals surface area contributed by atoms with Gasteiger partial charge >= 0.3 is 5.97 Å². The zero-order valence-corrected chi connectivity index (χ0v) is 15.1. The van der Waals surface area contributed by atoms with Crippen LogP contribution in [0.2, 0.25) is 0 Å². The lowest BCUT2D eigenvalue weighted by atomic mass is 10.1. The summed E-state index contributed by atoms with van der Waals surface area (Å²) in [7, 11) is 3.37. The number of pyridine rings is 1. The van der Waals surface area contributed by atoms with E-state index in [0.29, 0.717) is 22.6 Å². The lowest BCUT2D eigenvalue weighted by molar-refractivity contribution is 0.0692. The second-order valence-corrected chi connectivity index (χ2v) is 6.35. The molecule has 9 heteroatoms. The van der Waals surface area contributed by atoms with E-state index in [9.17, 15) is 14.7 Å². The third kappa shape index (κ3) is 2.88. The largest absolute Gasteiger partial charge is 0.476 e. The highest BCUT2D eigenvalue weighted by Crippen LogP contribution is 2.27. The van der Waals surface area contributed by atoms with E-state index in [-0.39, 0.29) is 17.2 Å². The Balaban J connectivity index is 1.86. The minimum atomic E-state index is -1.16. The van der Waals surface area contributed by atoms with Crippen molar-refractivity contribution < 1.29 is 14.7 Å². The zero-order valence-electron chi connectivity index (χ0n) is 15.1. The minimum absolute atomic E-state index is 0.120. The number of carboxylic acids is 1. The molecule has 0 unspecified atom stereocenters. The third-order valence-electron chi connectivity index (χ3n) is 4.26. The van der Waals surface area contributed by atoms with Gasteiger partial charge in [-0.05, 0) is 24.3 Å². The molecule has 3 aromatic heterocycles. The van der Waals surface area contributed by atoms with Gasteiger partial charge in [0.1, 0.15) is 12.1 Å². The Morgan fingerprint density at radius 1 is 1.21 bits per heavy atom. The fourth-order valence-electron chi connectivity index (χ4n) is 2.94. The van der Waals surface area contributed by atoms with Gasteiger partial charge in [0.15, 0.2) is 11.3 Å². The molecule has 3 heterocycles. The maximum Gasteiger partial charge on any atom is 0.358 e. The van der Waals surface area contributed by atoms with Crippen LogP contribution >= 0.6 is 0 Å². The van der Waals surface area contributed by atoms with Gasteiger partial charge < -0.3 is 15.3 Å². The summed E-state index contributed by atoms with van der Waals surface area (Å²) in [5, 5.41) is 13.3. The molecule has 1 amide bonds. The number of hydrogen-bond acceptors (Lipinski definition) is 6. The van der Waals surface area contributed by atoms with Crippen molar-refractivity contribution in [3.05, 3.63) is 60.3 Å². The number of fused-ring (bicyclic) bond motifs is 3. The van der Waals surface area contributed by atoms with Gasteiger partial charge in [-0.15, -0.1) is 0 Å². The SMILES string of the molecule is CN(C)C(=O)c1cccc(Nc2nc3c(C(=O)O)ncn3c3cnccc23)c1. The van der Waals surface area contributed by atoms with Gasteiger partial charge in [0.05, 0.1) is 11.7 Å². The van der Waals surface area contributed by atoms with Crippen LogP contribution in [0.5, 0.6) is 0 Å². The second-order valence-electron chi connectivity index (χ2n) is 6.35. The quantitative estimate of drug-likeness (QED) is 0.562. The van der Waals surface area contributed by atoms with Gasteiger partial charge in [0.2, 0.25) is 0 Å². The summed E-state index contributed by atoms with van der Waals surface area (Å²) >= 11 is 0. The molecule has 0 aliphatic carbocycles. The number of amides is 1. The summed E-state index contributed by atoms with van der Waals surface area (Å²) in [6, 6.07) is 8.80. The number of carbonyl (C=O) groups excluding carboxylic acids is 1. The fourth-order valence-corrected chi connectivity index (χ4v) is 2.94. The van der Waals surface area contributed by atoms with E-state index >= 15 is 0 Å². The summed E-state index contributed by atoms with van der Waals surface area (Å²) in [4.78, 5) is 37.7. The van der Waals surface area contributed by atoms with E-state index in [0.717, 1.165) is 5.39 Å². The van der Waals surface area contributed by atoms with Crippen LogP contribution in [-0.2, 0) is 0 Å². The van der Waals surface area contributed by atoms with Crippen molar-refractivity contribution in [2.45, 2.75) is 0 Å². The molecule has 0 aliphatic rings. The Morgan fingerprint density at radius 2 is 2.04 bits per heavy atom. The van der Waals surface area contributed by atoms with Crippen molar-refractivity contribution in [1.82, 2.24) is 24.3 Å². The van der Waals surface area contributed by atoms with E-state index < -0.39 is 5.97 Å². The van der Waals surface area contributed by atoms with Crippen molar-refractivity contribution in [2.24, 2.45) is 0 Å². The predicted octanol–water partition coefficient (Wildman–Crippen LogP) is 2.42. The van der Waals surface area contributed by atoms with Crippen molar-refractivity contribution in [3.8, 4) is 0 Å². The normalized spacial score (nSPS) is 10.9. The van der Waals surface area contributed by atoms with Crippen LogP contribution in [0, 0.1) is 0 Å². The average Bonchev–Trinajstić information content (AvgIpc) is 3.12. The van der Waals surface area contributed by atoms with Crippen LogP contribution < -0.4 is 5.32 Å². The molecular weight excluding hydrogens is 360 g/mol. The second kappa shape index (κ2) is 6.62. The van der Waals surface area contributed by atoms with Gasteiger partial charge in [-0.25, -0.2) is 14.8 Å². The Hall–Kier alpha value is -4.01. The first-order valence-electron chi connectivity index (χ1n) is 8.38. The number of rotatable bonds is 4. The minimum Gasteiger partial charge on any atom is -0.476 e. The number of carboxylic acid groups (broad SMARTS) is 1. The van der Waals surface area contributed by atoms with Gasteiger partial charge in [-0.3, -0.25) is 14.2 Å². The molecule has 0 bridgehead atoms. The van der Waals surface area contributed by atoms with E-state index in [1.807, 2.05) is 0 Å². The van der Waals surface area contributed by atoms with Crippen LogP contribution in [0.15, 0.2) is 49.1 Å². The van der Waals surface area contributed by atoms with E-state index in [1.165, 1.54) is 11.2 Å². The van der Waals surface area contributed by atoms with Crippen LogP contribution in [-0.4, -0.2) is 55.3 Å². The van der Waals surface area contributed by atoms with Gasteiger partial charge in [0, 0.05) is 36.9 Å². The molecule has 2 N–H and O–H groups in total. The third-order valence-corrected chi connectivity index (χ3v) is 4.26. The number of aromatic nitrogens is 4. The summed E-state index contributed by atoms with van der Waals surface area (Å²) in [5.74, 6) is -0.838. The van der Waals surface area contributed by atoms with Crippen molar-refractivity contribution in [3.63, 3.8) is 0 Å². The Labute approximate surface area is 159 Å². The lowest BCUT2D eigenvalue weighted by Crippen LogP contribution is -2.21. The summed E-state index contributed by atoms with van der Waals surface area (Å²) < 4.78 is 1.59. The van der Waals surface area contributed by atoms with Crippen molar-refractivity contribution in [2.75, 3.05) is 19.4 Å². The summed E-state index contributed by atoms with van der Waals surface area (Å²) in [5.41, 5.74) is 1.90. The maximum atomic E-state index is 12.2. The molecule has 0 aliphatic heterocycles. The molecule has 140 valence electrons. The van der Waals surface area contributed by atoms with Crippen LogP contribution in [0.4, 0.5) is 11.5 Å². The number of nitrogens with one attached hydrogen (secondary N) is 1. The Bertz CT molecular complexity index is 1230. The number of aromatic carboxylic acids is 1. The molecule has 0 atom stereocenters. The molecule has 0 spiro atoms. The first-order valence-corrected chi connectivity index (χ1v) is 8.38. The lowest BCUT2D eigenvalue weighted by Gasteiger charge is -2.13. The van der Waals surface area contributed by atoms with E-state index in [2.05, 4.69) is 20.3 Å². The highest BCUT2D eigenvalue weighted by atomic mass is 16.4. The molecular formula is C19H16N6O3. The molecule has 9 nitrogen and oxygen atoms in total. The van der Waals surface area contributed by atoms with Gasteiger partial charge in [-0.2, -0.15) is 0 Å². The van der Waals surface area contributed by atoms with Gasteiger partial charge in [0.25, 0.3) is 5.91 Å². The van der Waals surface area contributed by atoms with Gasteiger partial charge in [-0.1, -0.05) is 6.07 Å². The maximum absolute atomic E-state index is 12.2. The topological polar surface area (TPSA) is 113 Å². The van der Waals surface area contributed by atoms with Crippen LogP contribution in [0.25, 0.3) is 16.6 Å². The highest BCUT2D eigenvalue weighted by Gasteiger charge is 2.18. The summed E-state index contributed by atoms with van der Waals surface area (Å²) in [6.07, 6.45) is 4.66. The number of imidazole rings is 1. The van der Waals surface area contributed by atoms with Crippen molar-refractivity contribution in [1.29, 1.82) is 0 Å². The van der Waals surface area contributed by atoms with E-state index in [4.69, 9.17) is 0 Å². The number of benzene rings is 1. The summed E-state index contributed by atoms with van der Waals surface area (Å²) in [6.45, 7) is 0. The first-order chi connectivity index (χ1) is 13.5. The standard InChI is InChI=1S/C19H16N6O3/c1-24(2)18(26)11-4-3-5-12(8-11)22-16-13-6-7-20-9-14(13)25-10-21-15(19(27)28)17(25)23-16/h3-10H,1-2H3,(H,22,23)(H,27,28). The Morgan fingerprint density at radius 3 is 2.79 bits per heavy atom. The number of hydrogen-bond donors (Lipinski definition) is 2. The Kier molecular flexibility index (Phi) is 4.11. The number of carbonyl (C=O) groups is 2. The molecule has 0 radical (unpaired) electrons. The molecule has 0 fully saturated rings. The van der Waals surface area contributed by atoms with Crippen molar-refractivity contribution >= 4 is 39.9 Å². The zero-order chi connectivity index (χ0) is 19.8. The predicted molar refractivity (Wildman–Crippen MR) is 103 cm³/mol. The highest BCUT2D eigenvalue weighted by molar-refractivity contribution is 5.98. The number of anilines is 2. The van der Waals surface area contributed by atoms with E-state index in [1.54, 1.807) is 61.2 Å². The smallest absolute Gasteiger partial charge is 0.358 e. The molecule has 0 saturated carbocycles. The number of nitrogens with zero attached hydrogens (tertiary/aromatic N) is 5. The monoisotopic (exact) mass is 376 g/mol. The molecule has 1 aromatic carbocycles.